The normalized spacial score (nSPS) is 10.5. The predicted octanol–water partition coefficient (Wildman–Crippen LogP) is 2.25. The van der Waals surface area contributed by atoms with Gasteiger partial charge in [-0.05, 0) is 37.1 Å². The number of benzene rings is 1. The van der Waals surface area contributed by atoms with Gasteiger partial charge in [-0.1, -0.05) is 19.1 Å². The van der Waals surface area contributed by atoms with Gasteiger partial charge in [-0.25, -0.2) is 0 Å². The molecule has 0 aliphatic rings. The molecule has 0 atom stereocenters. The maximum absolute atomic E-state index is 5.39. The zero-order valence-electron chi connectivity index (χ0n) is 10.9. The van der Waals surface area contributed by atoms with Crippen LogP contribution in [0, 0.1) is 0 Å². The lowest BCUT2D eigenvalue weighted by Gasteiger charge is -2.06. The molecule has 0 aliphatic carbocycles. The van der Waals surface area contributed by atoms with E-state index in [0.717, 1.165) is 44.9 Å². The summed E-state index contributed by atoms with van der Waals surface area (Å²) < 4.78 is 10.5. The van der Waals surface area contributed by atoms with Crippen molar-refractivity contribution in [2.24, 2.45) is 0 Å². The van der Waals surface area contributed by atoms with E-state index in [1.807, 2.05) is 12.1 Å². The third-order valence-electron chi connectivity index (χ3n) is 2.52. The van der Waals surface area contributed by atoms with Gasteiger partial charge in [0.1, 0.15) is 5.75 Å². The first kappa shape index (κ1) is 14.0. The highest BCUT2D eigenvalue weighted by molar-refractivity contribution is 5.27. The predicted molar refractivity (Wildman–Crippen MR) is 70.7 cm³/mol. The van der Waals surface area contributed by atoms with Crippen molar-refractivity contribution in [3.8, 4) is 5.75 Å². The Morgan fingerprint density at radius 1 is 1.06 bits per heavy atom. The Balaban J connectivity index is 2.05. The molecule has 0 spiro atoms. The second kappa shape index (κ2) is 9.02. The van der Waals surface area contributed by atoms with Gasteiger partial charge < -0.3 is 14.8 Å². The summed E-state index contributed by atoms with van der Waals surface area (Å²) in [6.45, 7) is 5.70. The molecule has 3 heteroatoms. The van der Waals surface area contributed by atoms with E-state index in [1.165, 1.54) is 5.56 Å². The Labute approximate surface area is 104 Å². The van der Waals surface area contributed by atoms with E-state index in [0.29, 0.717) is 0 Å². The van der Waals surface area contributed by atoms with Crippen molar-refractivity contribution in [2.45, 2.75) is 19.8 Å². The molecule has 3 nitrogen and oxygen atoms in total. The molecule has 0 bridgehead atoms. The summed E-state index contributed by atoms with van der Waals surface area (Å²) in [7, 11) is 1.69. The second-order valence-corrected chi connectivity index (χ2v) is 3.96. The van der Waals surface area contributed by atoms with E-state index in [9.17, 15) is 0 Å². The van der Waals surface area contributed by atoms with Gasteiger partial charge in [0.25, 0.3) is 0 Å². The molecule has 0 aromatic heterocycles. The number of rotatable bonds is 9. The lowest BCUT2D eigenvalue weighted by Crippen LogP contribution is -2.22. The largest absolute Gasteiger partial charge is 0.497 e. The number of ether oxygens (including phenoxy) is 2. The van der Waals surface area contributed by atoms with Crippen LogP contribution < -0.4 is 10.1 Å². The minimum Gasteiger partial charge on any atom is -0.497 e. The van der Waals surface area contributed by atoms with Gasteiger partial charge in [-0.2, -0.15) is 0 Å². The summed E-state index contributed by atoms with van der Waals surface area (Å²) in [5.41, 5.74) is 1.33. The molecule has 0 heterocycles. The van der Waals surface area contributed by atoms with Crippen LogP contribution in [-0.4, -0.2) is 33.4 Å². The van der Waals surface area contributed by atoms with Gasteiger partial charge in [0.05, 0.1) is 13.7 Å². The summed E-state index contributed by atoms with van der Waals surface area (Å²) in [4.78, 5) is 0. The van der Waals surface area contributed by atoms with E-state index < -0.39 is 0 Å². The highest BCUT2D eigenvalue weighted by atomic mass is 16.5. The number of nitrogens with one attached hydrogen (secondary N) is 1. The van der Waals surface area contributed by atoms with Crippen molar-refractivity contribution in [1.82, 2.24) is 5.32 Å². The topological polar surface area (TPSA) is 30.5 Å². The Hall–Kier alpha value is -1.06. The fourth-order valence-corrected chi connectivity index (χ4v) is 1.54. The molecular weight excluding hydrogens is 214 g/mol. The van der Waals surface area contributed by atoms with Gasteiger partial charge in [0, 0.05) is 13.2 Å². The van der Waals surface area contributed by atoms with Gasteiger partial charge in [-0.3, -0.25) is 0 Å². The van der Waals surface area contributed by atoms with Crippen LogP contribution >= 0.6 is 0 Å². The first-order chi connectivity index (χ1) is 8.36. The Bertz CT molecular complexity index is 285. The SMILES string of the molecule is CCCOCCNCCc1ccc(OC)cc1. The first-order valence-corrected chi connectivity index (χ1v) is 6.28. The Morgan fingerprint density at radius 2 is 1.82 bits per heavy atom. The average Bonchev–Trinajstić information content (AvgIpc) is 2.38. The van der Waals surface area contributed by atoms with E-state index in [4.69, 9.17) is 9.47 Å². The lowest BCUT2D eigenvalue weighted by atomic mass is 10.1. The number of hydrogen-bond acceptors (Lipinski definition) is 3. The highest BCUT2D eigenvalue weighted by Crippen LogP contribution is 2.11. The summed E-state index contributed by atoms with van der Waals surface area (Å²) in [5.74, 6) is 0.912. The molecule has 0 aliphatic heterocycles. The third-order valence-corrected chi connectivity index (χ3v) is 2.52. The van der Waals surface area contributed by atoms with Crippen molar-refractivity contribution in [2.75, 3.05) is 33.4 Å². The van der Waals surface area contributed by atoms with Crippen LogP contribution in [-0.2, 0) is 11.2 Å². The van der Waals surface area contributed by atoms with Gasteiger partial charge >= 0.3 is 0 Å². The van der Waals surface area contributed by atoms with Crippen LogP contribution in [0.25, 0.3) is 0 Å². The molecule has 1 N–H and O–H groups in total. The van der Waals surface area contributed by atoms with Crippen molar-refractivity contribution < 1.29 is 9.47 Å². The molecule has 0 unspecified atom stereocenters. The van der Waals surface area contributed by atoms with Crippen LogP contribution in [0.5, 0.6) is 5.75 Å². The smallest absolute Gasteiger partial charge is 0.118 e. The van der Waals surface area contributed by atoms with Crippen molar-refractivity contribution >= 4 is 0 Å². The fraction of sp³-hybridized carbons (Fsp3) is 0.571. The number of hydrogen-bond donors (Lipinski definition) is 1. The van der Waals surface area contributed by atoms with E-state index in [-0.39, 0.29) is 0 Å². The molecule has 0 amide bonds. The molecule has 0 saturated heterocycles. The van der Waals surface area contributed by atoms with Crippen LogP contribution in [0.2, 0.25) is 0 Å². The van der Waals surface area contributed by atoms with Crippen LogP contribution in [0.3, 0.4) is 0 Å². The monoisotopic (exact) mass is 237 g/mol. The molecule has 17 heavy (non-hydrogen) atoms. The summed E-state index contributed by atoms with van der Waals surface area (Å²) >= 11 is 0. The fourth-order valence-electron chi connectivity index (χ4n) is 1.54. The third kappa shape index (κ3) is 6.29. The Morgan fingerprint density at radius 3 is 2.47 bits per heavy atom. The van der Waals surface area contributed by atoms with Crippen molar-refractivity contribution in [3.63, 3.8) is 0 Å². The van der Waals surface area contributed by atoms with Crippen LogP contribution in [0.1, 0.15) is 18.9 Å². The number of methoxy groups -OCH3 is 1. The van der Waals surface area contributed by atoms with E-state index in [1.54, 1.807) is 7.11 Å². The molecule has 0 saturated carbocycles. The summed E-state index contributed by atoms with van der Waals surface area (Å²) in [5, 5.41) is 3.37. The van der Waals surface area contributed by atoms with Crippen molar-refractivity contribution in [1.29, 1.82) is 0 Å². The molecule has 1 aromatic carbocycles. The Kier molecular flexibility index (Phi) is 7.43. The standard InChI is InChI=1S/C14H23NO2/c1-3-11-17-12-10-15-9-8-13-4-6-14(16-2)7-5-13/h4-7,15H,3,8-12H2,1-2H3. The molecular formula is C14H23NO2. The zero-order chi connectivity index (χ0) is 12.3. The maximum atomic E-state index is 5.39. The van der Waals surface area contributed by atoms with Gasteiger partial charge in [-0.15, -0.1) is 0 Å². The van der Waals surface area contributed by atoms with Crippen molar-refractivity contribution in [3.05, 3.63) is 29.8 Å². The van der Waals surface area contributed by atoms with Crippen LogP contribution in [0.15, 0.2) is 24.3 Å². The van der Waals surface area contributed by atoms with Crippen LogP contribution in [0.4, 0.5) is 0 Å². The minimum absolute atomic E-state index is 0.802. The average molecular weight is 237 g/mol. The maximum Gasteiger partial charge on any atom is 0.118 e. The second-order valence-electron chi connectivity index (χ2n) is 3.96. The van der Waals surface area contributed by atoms with E-state index >= 15 is 0 Å². The molecule has 96 valence electrons. The summed E-state index contributed by atoms with van der Waals surface area (Å²) in [6, 6.07) is 8.21. The summed E-state index contributed by atoms with van der Waals surface area (Å²) in [6.07, 6.45) is 2.13. The molecule has 1 rings (SSSR count). The molecule has 0 fully saturated rings. The minimum atomic E-state index is 0.802. The van der Waals surface area contributed by atoms with E-state index in [2.05, 4.69) is 24.4 Å². The van der Waals surface area contributed by atoms with Gasteiger partial charge in [0.2, 0.25) is 0 Å². The molecule has 1 aromatic rings. The molecule has 0 radical (unpaired) electrons. The lowest BCUT2D eigenvalue weighted by molar-refractivity contribution is 0.137. The first-order valence-electron chi connectivity index (χ1n) is 6.28. The quantitative estimate of drug-likeness (QED) is 0.668. The highest BCUT2D eigenvalue weighted by Gasteiger charge is 1.94. The van der Waals surface area contributed by atoms with Gasteiger partial charge in [0.15, 0.2) is 0 Å². The zero-order valence-corrected chi connectivity index (χ0v) is 10.9.